The van der Waals surface area contributed by atoms with E-state index in [0.29, 0.717) is 5.92 Å². The van der Waals surface area contributed by atoms with Crippen LogP contribution in [-0.2, 0) is 0 Å². The van der Waals surface area contributed by atoms with Gasteiger partial charge in [0.2, 0.25) is 0 Å². The third-order valence-electron chi connectivity index (χ3n) is 4.01. The highest BCUT2D eigenvalue weighted by molar-refractivity contribution is 8.02. The Morgan fingerprint density at radius 2 is 1.64 bits per heavy atom. The van der Waals surface area contributed by atoms with Crippen LogP contribution in [0.5, 0.6) is 0 Å². The van der Waals surface area contributed by atoms with E-state index in [1.807, 2.05) is 30.3 Å². The molecule has 0 N–H and O–H groups in total. The van der Waals surface area contributed by atoms with Gasteiger partial charge in [-0.3, -0.25) is 4.57 Å². The largest absolute Gasteiger partial charge is 0.274 e. The van der Waals surface area contributed by atoms with Crippen molar-refractivity contribution in [1.29, 1.82) is 0 Å². The van der Waals surface area contributed by atoms with Gasteiger partial charge in [0.25, 0.3) is 0 Å². The molecule has 3 nitrogen and oxygen atoms in total. The molecule has 0 spiro atoms. The molecule has 1 aliphatic carbocycles. The first-order valence-electron chi connectivity index (χ1n) is 8.33. The number of aromatic nitrogens is 3. The van der Waals surface area contributed by atoms with Crippen molar-refractivity contribution in [3.8, 4) is 5.69 Å². The van der Waals surface area contributed by atoms with E-state index in [9.17, 15) is 4.39 Å². The number of thioether (sulfide) groups is 2. The summed E-state index contributed by atoms with van der Waals surface area (Å²) in [7, 11) is 0. The Morgan fingerprint density at radius 3 is 2.36 bits per heavy atom. The van der Waals surface area contributed by atoms with Gasteiger partial charge in [0.1, 0.15) is 11.6 Å². The number of halogens is 1. The van der Waals surface area contributed by atoms with Crippen molar-refractivity contribution in [2.45, 2.75) is 28.8 Å². The second-order valence-electron chi connectivity index (χ2n) is 5.94. The van der Waals surface area contributed by atoms with Crippen LogP contribution in [0.3, 0.4) is 0 Å². The van der Waals surface area contributed by atoms with Gasteiger partial charge in [-0.15, -0.1) is 22.0 Å². The topological polar surface area (TPSA) is 30.7 Å². The average Bonchev–Trinajstić information content (AvgIpc) is 3.41. The van der Waals surface area contributed by atoms with Gasteiger partial charge in [-0.1, -0.05) is 30.0 Å². The van der Waals surface area contributed by atoms with Crippen LogP contribution in [0.2, 0.25) is 0 Å². The van der Waals surface area contributed by atoms with Gasteiger partial charge in [0.15, 0.2) is 5.16 Å². The van der Waals surface area contributed by atoms with Crippen LogP contribution in [0.4, 0.5) is 4.39 Å². The van der Waals surface area contributed by atoms with Crippen LogP contribution in [0.15, 0.2) is 64.6 Å². The fourth-order valence-corrected chi connectivity index (χ4v) is 4.46. The first-order chi connectivity index (χ1) is 12.3. The Labute approximate surface area is 155 Å². The lowest BCUT2D eigenvalue weighted by molar-refractivity contribution is 0.626. The molecule has 0 atom stereocenters. The Balaban J connectivity index is 1.43. The first-order valence-corrected chi connectivity index (χ1v) is 10.3. The third kappa shape index (κ3) is 4.07. The van der Waals surface area contributed by atoms with E-state index in [-0.39, 0.29) is 5.82 Å². The Hall–Kier alpha value is -1.79. The maximum absolute atomic E-state index is 12.9. The molecule has 3 aromatic rings. The molecule has 1 aliphatic rings. The van der Waals surface area contributed by atoms with E-state index in [1.165, 1.54) is 25.0 Å². The zero-order valence-electron chi connectivity index (χ0n) is 13.6. The molecule has 0 bridgehead atoms. The minimum absolute atomic E-state index is 0.192. The molecule has 1 heterocycles. The molecular formula is C19H18FN3S2. The molecule has 0 amide bonds. The molecule has 0 unspecified atom stereocenters. The first kappa shape index (κ1) is 16.7. The quantitative estimate of drug-likeness (QED) is 0.423. The fourth-order valence-electron chi connectivity index (χ4n) is 2.62. The minimum atomic E-state index is -0.192. The van der Waals surface area contributed by atoms with Gasteiger partial charge in [-0.05, 0) is 49.2 Å². The number of rotatable bonds is 7. The molecule has 25 heavy (non-hydrogen) atoms. The van der Waals surface area contributed by atoms with E-state index in [4.69, 9.17) is 0 Å². The van der Waals surface area contributed by atoms with E-state index < -0.39 is 0 Å². The Bertz CT molecular complexity index is 830. The summed E-state index contributed by atoms with van der Waals surface area (Å²) in [6.07, 6.45) is 2.41. The standard InChI is InChI=1S/C19H18FN3S2/c20-15-8-10-17(11-9-15)24-12-13-25-19-22-21-18(14-6-7-14)23(19)16-4-2-1-3-5-16/h1-5,8-11,14H,6-7,12-13H2. The van der Waals surface area contributed by atoms with Gasteiger partial charge in [0.05, 0.1) is 0 Å². The number of para-hydroxylation sites is 1. The summed E-state index contributed by atoms with van der Waals surface area (Å²) in [5.74, 6) is 3.31. The Kier molecular flexibility index (Phi) is 5.08. The smallest absolute Gasteiger partial charge is 0.195 e. The third-order valence-corrected chi connectivity index (χ3v) is 6.21. The van der Waals surface area contributed by atoms with Crippen LogP contribution < -0.4 is 0 Å². The highest BCUT2D eigenvalue weighted by Gasteiger charge is 2.30. The van der Waals surface area contributed by atoms with Crippen LogP contribution >= 0.6 is 23.5 Å². The molecule has 1 fully saturated rings. The molecule has 6 heteroatoms. The number of nitrogens with zero attached hydrogens (tertiary/aromatic N) is 3. The van der Waals surface area contributed by atoms with Gasteiger partial charge >= 0.3 is 0 Å². The van der Waals surface area contributed by atoms with Crippen molar-refractivity contribution in [2.24, 2.45) is 0 Å². The van der Waals surface area contributed by atoms with Crippen molar-refractivity contribution in [3.05, 3.63) is 66.2 Å². The summed E-state index contributed by atoms with van der Waals surface area (Å²) in [6.45, 7) is 0. The second-order valence-corrected chi connectivity index (χ2v) is 8.17. The maximum Gasteiger partial charge on any atom is 0.195 e. The lowest BCUT2D eigenvalue weighted by Crippen LogP contribution is -2.02. The molecule has 1 saturated carbocycles. The second kappa shape index (κ2) is 7.62. The highest BCUT2D eigenvalue weighted by atomic mass is 32.2. The molecular weight excluding hydrogens is 353 g/mol. The molecule has 1 aromatic heterocycles. The minimum Gasteiger partial charge on any atom is -0.274 e. The summed E-state index contributed by atoms with van der Waals surface area (Å²) >= 11 is 3.46. The fraction of sp³-hybridized carbons (Fsp3) is 0.263. The van der Waals surface area contributed by atoms with Gasteiger partial charge < -0.3 is 0 Å². The lowest BCUT2D eigenvalue weighted by Gasteiger charge is -2.09. The van der Waals surface area contributed by atoms with Crippen molar-refractivity contribution in [1.82, 2.24) is 14.8 Å². The summed E-state index contributed by atoms with van der Waals surface area (Å²) < 4.78 is 15.1. The SMILES string of the molecule is Fc1ccc(SCCSc2nnc(C3CC3)n2-c2ccccc2)cc1. The summed E-state index contributed by atoms with van der Waals surface area (Å²) in [5, 5.41) is 9.82. The van der Waals surface area contributed by atoms with Crippen molar-refractivity contribution < 1.29 is 4.39 Å². The molecule has 128 valence electrons. The molecule has 2 aromatic carbocycles. The monoisotopic (exact) mass is 371 g/mol. The summed E-state index contributed by atoms with van der Waals surface area (Å²) in [5.41, 5.74) is 1.13. The zero-order chi connectivity index (χ0) is 17.1. The van der Waals surface area contributed by atoms with Crippen molar-refractivity contribution >= 4 is 23.5 Å². The molecule has 4 rings (SSSR count). The van der Waals surface area contributed by atoms with E-state index in [0.717, 1.165) is 33.1 Å². The normalized spacial score (nSPS) is 14.0. The molecule has 0 radical (unpaired) electrons. The Morgan fingerprint density at radius 1 is 0.920 bits per heavy atom. The van der Waals surface area contributed by atoms with Crippen LogP contribution in [0.25, 0.3) is 5.69 Å². The number of hydrogen-bond acceptors (Lipinski definition) is 4. The molecule has 0 saturated heterocycles. The lowest BCUT2D eigenvalue weighted by atomic mass is 10.3. The predicted octanol–water partition coefficient (Wildman–Crippen LogP) is 5.17. The van der Waals surface area contributed by atoms with Crippen molar-refractivity contribution in [2.75, 3.05) is 11.5 Å². The number of hydrogen-bond donors (Lipinski definition) is 0. The van der Waals surface area contributed by atoms with Gasteiger partial charge in [-0.25, -0.2) is 4.39 Å². The van der Waals surface area contributed by atoms with Gasteiger partial charge in [-0.2, -0.15) is 0 Å². The zero-order valence-corrected chi connectivity index (χ0v) is 15.3. The van der Waals surface area contributed by atoms with E-state index >= 15 is 0 Å². The van der Waals surface area contributed by atoms with Crippen molar-refractivity contribution in [3.63, 3.8) is 0 Å². The van der Waals surface area contributed by atoms with Crippen LogP contribution in [-0.4, -0.2) is 26.3 Å². The van der Waals surface area contributed by atoms with Crippen LogP contribution in [0, 0.1) is 5.82 Å². The molecule has 0 aliphatic heterocycles. The van der Waals surface area contributed by atoms with Crippen LogP contribution in [0.1, 0.15) is 24.6 Å². The maximum atomic E-state index is 12.9. The summed E-state index contributed by atoms with van der Waals surface area (Å²) in [4.78, 5) is 1.09. The predicted molar refractivity (Wildman–Crippen MR) is 101 cm³/mol. The van der Waals surface area contributed by atoms with Gasteiger partial charge in [0, 0.05) is 28.0 Å². The number of benzene rings is 2. The average molecular weight is 372 g/mol. The highest BCUT2D eigenvalue weighted by Crippen LogP contribution is 2.41. The summed E-state index contributed by atoms with van der Waals surface area (Å²) in [6, 6.07) is 17.0. The van der Waals surface area contributed by atoms with E-state index in [1.54, 1.807) is 23.5 Å². The van der Waals surface area contributed by atoms with E-state index in [2.05, 4.69) is 26.9 Å².